The van der Waals surface area contributed by atoms with Crippen LogP contribution in [-0.4, -0.2) is 19.3 Å². The van der Waals surface area contributed by atoms with Gasteiger partial charge in [-0.1, -0.05) is 32.3 Å². The van der Waals surface area contributed by atoms with Crippen molar-refractivity contribution in [2.24, 2.45) is 0 Å². The molecule has 1 fully saturated rings. The molecule has 2 nitrogen and oxygen atoms in total. The van der Waals surface area contributed by atoms with E-state index in [2.05, 4.69) is 29.8 Å². The highest BCUT2D eigenvalue weighted by atomic mass is 32.1. The predicted molar refractivity (Wildman–Crippen MR) is 78.2 cm³/mol. The summed E-state index contributed by atoms with van der Waals surface area (Å²) in [7, 11) is 1.89. The minimum absolute atomic E-state index is 0.0122. The van der Waals surface area contributed by atoms with Crippen LogP contribution in [0.2, 0.25) is 0 Å². The highest BCUT2D eigenvalue weighted by Crippen LogP contribution is 2.42. The lowest BCUT2D eigenvalue weighted by molar-refractivity contribution is -0.0678. The monoisotopic (exact) mass is 267 g/mol. The largest absolute Gasteiger partial charge is 0.376 e. The Balaban J connectivity index is 2.20. The van der Waals surface area contributed by atoms with E-state index in [9.17, 15) is 0 Å². The van der Waals surface area contributed by atoms with Crippen molar-refractivity contribution in [1.82, 2.24) is 5.32 Å². The Hall–Kier alpha value is -0.380. The van der Waals surface area contributed by atoms with Gasteiger partial charge in [-0.2, -0.15) is 0 Å². The molecule has 1 heterocycles. The van der Waals surface area contributed by atoms with Crippen molar-refractivity contribution in [2.45, 2.75) is 57.1 Å². The number of rotatable bonds is 6. The summed E-state index contributed by atoms with van der Waals surface area (Å²) in [5, 5.41) is 5.89. The van der Waals surface area contributed by atoms with Gasteiger partial charge in [0.25, 0.3) is 0 Å². The zero-order valence-corrected chi connectivity index (χ0v) is 12.4. The first-order valence-corrected chi connectivity index (χ1v) is 8.02. The van der Waals surface area contributed by atoms with Crippen LogP contribution < -0.4 is 5.32 Å². The predicted octanol–water partition coefficient (Wildman–Crippen LogP) is 4.14. The van der Waals surface area contributed by atoms with Crippen LogP contribution in [0.5, 0.6) is 0 Å². The first kappa shape index (κ1) is 14.0. The normalized spacial score (nSPS) is 20.8. The van der Waals surface area contributed by atoms with Crippen LogP contribution in [0.3, 0.4) is 0 Å². The Morgan fingerprint density at radius 2 is 2.17 bits per heavy atom. The SMILES string of the molecule is CCCNC(c1cccs1)C1(OC)CCCCC1. The number of hydrogen-bond donors (Lipinski definition) is 1. The highest BCUT2D eigenvalue weighted by Gasteiger charge is 2.41. The molecular weight excluding hydrogens is 242 g/mol. The van der Waals surface area contributed by atoms with E-state index in [1.807, 2.05) is 18.4 Å². The average molecular weight is 267 g/mol. The Morgan fingerprint density at radius 3 is 2.72 bits per heavy atom. The van der Waals surface area contributed by atoms with Crippen molar-refractivity contribution >= 4 is 11.3 Å². The lowest BCUT2D eigenvalue weighted by atomic mass is 9.78. The highest BCUT2D eigenvalue weighted by molar-refractivity contribution is 7.10. The van der Waals surface area contributed by atoms with E-state index in [0.717, 1.165) is 6.54 Å². The second kappa shape index (κ2) is 6.69. The number of hydrogen-bond acceptors (Lipinski definition) is 3. The van der Waals surface area contributed by atoms with Gasteiger partial charge in [-0.05, 0) is 37.3 Å². The van der Waals surface area contributed by atoms with Gasteiger partial charge in [0.1, 0.15) is 0 Å². The third kappa shape index (κ3) is 2.95. The molecule has 0 bridgehead atoms. The Kier molecular flexibility index (Phi) is 5.22. The van der Waals surface area contributed by atoms with Crippen molar-refractivity contribution < 1.29 is 4.74 Å². The van der Waals surface area contributed by atoms with Gasteiger partial charge in [-0.25, -0.2) is 0 Å². The Bertz CT molecular complexity index is 330. The molecule has 1 aliphatic carbocycles. The first-order chi connectivity index (χ1) is 8.82. The van der Waals surface area contributed by atoms with Crippen LogP contribution in [0.1, 0.15) is 56.4 Å². The lowest BCUT2D eigenvalue weighted by Crippen LogP contribution is -2.46. The molecule has 0 aromatic carbocycles. The molecule has 1 unspecified atom stereocenters. The summed E-state index contributed by atoms with van der Waals surface area (Å²) in [6.07, 6.45) is 7.48. The van der Waals surface area contributed by atoms with Gasteiger partial charge in [0, 0.05) is 12.0 Å². The van der Waals surface area contributed by atoms with E-state index < -0.39 is 0 Å². The maximum absolute atomic E-state index is 6.01. The van der Waals surface area contributed by atoms with Crippen LogP contribution in [-0.2, 0) is 4.74 Å². The molecule has 1 N–H and O–H groups in total. The third-order valence-electron chi connectivity index (χ3n) is 4.06. The van der Waals surface area contributed by atoms with Crippen molar-refractivity contribution in [3.63, 3.8) is 0 Å². The molecule has 1 aliphatic rings. The van der Waals surface area contributed by atoms with E-state index in [4.69, 9.17) is 4.74 Å². The molecule has 0 aliphatic heterocycles. The fraction of sp³-hybridized carbons (Fsp3) is 0.733. The van der Waals surface area contributed by atoms with E-state index in [-0.39, 0.29) is 5.60 Å². The molecule has 18 heavy (non-hydrogen) atoms. The van der Waals surface area contributed by atoms with Crippen molar-refractivity contribution in [1.29, 1.82) is 0 Å². The summed E-state index contributed by atoms with van der Waals surface area (Å²) in [6, 6.07) is 4.75. The number of nitrogens with one attached hydrogen (secondary N) is 1. The zero-order valence-electron chi connectivity index (χ0n) is 11.6. The summed E-state index contributed by atoms with van der Waals surface area (Å²) >= 11 is 1.85. The van der Waals surface area contributed by atoms with Crippen molar-refractivity contribution in [2.75, 3.05) is 13.7 Å². The van der Waals surface area contributed by atoms with E-state index in [0.29, 0.717) is 6.04 Å². The standard InChI is InChI=1S/C15H25NOS/c1-3-11-16-14(13-8-7-12-18-13)15(17-2)9-5-4-6-10-15/h7-8,12,14,16H,3-6,9-11H2,1-2H3. The number of methoxy groups -OCH3 is 1. The van der Waals surface area contributed by atoms with Gasteiger partial charge < -0.3 is 10.1 Å². The van der Waals surface area contributed by atoms with Gasteiger partial charge in [-0.3, -0.25) is 0 Å². The van der Waals surface area contributed by atoms with Crippen molar-refractivity contribution in [3.8, 4) is 0 Å². The molecular formula is C15H25NOS. The smallest absolute Gasteiger partial charge is 0.0880 e. The van der Waals surface area contributed by atoms with Crippen LogP contribution in [0, 0.1) is 0 Å². The van der Waals surface area contributed by atoms with E-state index >= 15 is 0 Å². The Labute approximate surface area is 115 Å². The summed E-state index contributed by atoms with van der Waals surface area (Å²) in [5.41, 5.74) is 0.0122. The zero-order chi connectivity index (χ0) is 12.8. The maximum atomic E-state index is 6.01. The first-order valence-electron chi connectivity index (χ1n) is 7.14. The molecule has 102 valence electrons. The van der Waals surface area contributed by atoms with Gasteiger partial charge in [0.05, 0.1) is 11.6 Å². The molecule has 0 radical (unpaired) electrons. The number of thiophene rings is 1. The lowest BCUT2D eigenvalue weighted by Gasteiger charge is -2.42. The maximum Gasteiger partial charge on any atom is 0.0880 e. The van der Waals surface area contributed by atoms with Gasteiger partial charge in [0.2, 0.25) is 0 Å². The van der Waals surface area contributed by atoms with E-state index in [1.165, 1.54) is 43.4 Å². The van der Waals surface area contributed by atoms with Crippen LogP contribution in [0.15, 0.2) is 17.5 Å². The fourth-order valence-corrected chi connectivity index (χ4v) is 3.96. The van der Waals surface area contributed by atoms with Crippen molar-refractivity contribution in [3.05, 3.63) is 22.4 Å². The van der Waals surface area contributed by atoms with Crippen LogP contribution in [0.4, 0.5) is 0 Å². The number of ether oxygens (including phenoxy) is 1. The topological polar surface area (TPSA) is 21.3 Å². The molecule has 0 amide bonds. The molecule has 1 aromatic rings. The summed E-state index contributed by atoms with van der Waals surface area (Å²) in [5.74, 6) is 0. The molecule has 0 spiro atoms. The molecule has 0 saturated heterocycles. The second-order valence-corrected chi connectivity index (χ2v) is 6.21. The quantitative estimate of drug-likeness (QED) is 0.836. The summed E-state index contributed by atoms with van der Waals surface area (Å²) in [4.78, 5) is 1.42. The summed E-state index contributed by atoms with van der Waals surface area (Å²) in [6.45, 7) is 3.28. The molecule has 1 aromatic heterocycles. The van der Waals surface area contributed by atoms with Gasteiger partial charge >= 0.3 is 0 Å². The van der Waals surface area contributed by atoms with Crippen LogP contribution >= 0.6 is 11.3 Å². The molecule has 2 rings (SSSR count). The second-order valence-electron chi connectivity index (χ2n) is 5.23. The molecule has 1 atom stereocenters. The Morgan fingerprint density at radius 1 is 1.39 bits per heavy atom. The fourth-order valence-electron chi connectivity index (χ4n) is 3.05. The minimum atomic E-state index is 0.0122. The summed E-state index contributed by atoms with van der Waals surface area (Å²) < 4.78 is 6.01. The average Bonchev–Trinajstić information content (AvgIpc) is 2.94. The van der Waals surface area contributed by atoms with E-state index in [1.54, 1.807) is 0 Å². The van der Waals surface area contributed by atoms with Gasteiger partial charge in [-0.15, -0.1) is 11.3 Å². The molecule has 3 heteroatoms. The third-order valence-corrected chi connectivity index (χ3v) is 5.00. The minimum Gasteiger partial charge on any atom is -0.376 e. The van der Waals surface area contributed by atoms with Gasteiger partial charge in [0.15, 0.2) is 0 Å². The van der Waals surface area contributed by atoms with Crippen LogP contribution in [0.25, 0.3) is 0 Å². The molecule has 1 saturated carbocycles.